The molecular formula is C14H14O. The third kappa shape index (κ3) is 2.18. The van der Waals surface area contributed by atoms with Gasteiger partial charge in [0, 0.05) is 5.56 Å². The van der Waals surface area contributed by atoms with E-state index in [2.05, 4.69) is 6.58 Å². The van der Waals surface area contributed by atoms with E-state index in [1.807, 2.05) is 55.5 Å². The van der Waals surface area contributed by atoms with Crippen LogP contribution in [0.4, 0.5) is 0 Å². The van der Waals surface area contributed by atoms with Gasteiger partial charge >= 0.3 is 0 Å². The molecule has 1 heteroatoms. The van der Waals surface area contributed by atoms with Crippen molar-refractivity contribution >= 4 is 6.08 Å². The van der Waals surface area contributed by atoms with Crippen LogP contribution >= 0.6 is 0 Å². The first-order valence-corrected chi connectivity index (χ1v) is 5.03. The molecule has 0 amide bonds. The summed E-state index contributed by atoms with van der Waals surface area (Å²) in [6.07, 6.45) is 8.04. The highest BCUT2D eigenvalue weighted by molar-refractivity contribution is 5.59. The van der Waals surface area contributed by atoms with Gasteiger partial charge in [0.1, 0.15) is 11.9 Å². The van der Waals surface area contributed by atoms with Crippen LogP contribution in [0.25, 0.3) is 6.08 Å². The molecule has 0 radical (unpaired) electrons. The average Bonchev–Trinajstić information content (AvgIpc) is 2.18. The molecule has 0 spiro atoms. The number of hydrogen-bond acceptors (Lipinski definition) is 1. The summed E-state index contributed by atoms with van der Waals surface area (Å²) in [5.74, 6) is 0.908. The third-order valence-corrected chi connectivity index (χ3v) is 2.33. The Labute approximate surface area is 90.4 Å². The third-order valence-electron chi connectivity index (χ3n) is 2.33. The van der Waals surface area contributed by atoms with E-state index >= 15 is 0 Å². The van der Waals surface area contributed by atoms with Crippen LogP contribution in [0.2, 0.25) is 0 Å². The molecular weight excluding hydrogens is 184 g/mol. The topological polar surface area (TPSA) is 9.23 Å². The predicted molar refractivity (Wildman–Crippen MR) is 63.8 cm³/mol. The molecule has 1 aromatic carbocycles. The fraction of sp³-hybridized carbons (Fsp3) is 0.143. The van der Waals surface area contributed by atoms with Gasteiger partial charge in [0.2, 0.25) is 0 Å². The minimum absolute atomic E-state index is 0.0314. The zero-order valence-corrected chi connectivity index (χ0v) is 8.81. The van der Waals surface area contributed by atoms with Crippen molar-refractivity contribution < 1.29 is 4.74 Å². The monoisotopic (exact) mass is 198 g/mol. The van der Waals surface area contributed by atoms with Crippen LogP contribution in [-0.4, -0.2) is 6.10 Å². The predicted octanol–water partition coefficient (Wildman–Crippen LogP) is 3.59. The first-order chi connectivity index (χ1) is 7.27. The quantitative estimate of drug-likeness (QED) is 0.626. The Morgan fingerprint density at radius 3 is 2.87 bits per heavy atom. The lowest BCUT2D eigenvalue weighted by Gasteiger charge is -2.18. The normalized spacial score (nSPS) is 18.6. The van der Waals surface area contributed by atoms with Crippen molar-refractivity contribution in [2.24, 2.45) is 0 Å². The lowest BCUT2D eigenvalue weighted by molar-refractivity contribution is 0.284. The Morgan fingerprint density at radius 1 is 1.27 bits per heavy atom. The maximum absolute atomic E-state index is 5.86. The number of rotatable bonds is 1. The molecule has 0 bridgehead atoms. The van der Waals surface area contributed by atoms with Crippen molar-refractivity contribution in [3.63, 3.8) is 0 Å². The van der Waals surface area contributed by atoms with Gasteiger partial charge in [-0.3, -0.25) is 0 Å². The number of para-hydroxylation sites is 1. The zero-order chi connectivity index (χ0) is 10.7. The van der Waals surface area contributed by atoms with E-state index in [4.69, 9.17) is 4.74 Å². The second kappa shape index (κ2) is 4.18. The van der Waals surface area contributed by atoms with E-state index in [9.17, 15) is 0 Å². The largest absolute Gasteiger partial charge is 0.481 e. The summed E-state index contributed by atoms with van der Waals surface area (Å²) in [7, 11) is 0. The first-order valence-electron chi connectivity index (χ1n) is 5.03. The average molecular weight is 198 g/mol. The Morgan fingerprint density at radius 2 is 2.07 bits per heavy atom. The number of allylic oxidation sites excluding steroid dienone is 2. The van der Waals surface area contributed by atoms with E-state index in [1.54, 1.807) is 0 Å². The molecule has 15 heavy (non-hydrogen) atoms. The van der Waals surface area contributed by atoms with Gasteiger partial charge < -0.3 is 4.74 Å². The maximum Gasteiger partial charge on any atom is 0.138 e. The molecule has 0 N–H and O–H groups in total. The zero-order valence-electron chi connectivity index (χ0n) is 8.81. The van der Waals surface area contributed by atoms with E-state index < -0.39 is 0 Å². The second-order valence-electron chi connectivity index (χ2n) is 3.67. The molecule has 0 saturated carbocycles. The highest BCUT2D eigenvalue weighted by Crippen LogP contribution is 2.24. The van der Waals surface area contributed by atoms with Crippen molar-refractivity contribution in [2.75, 3.05) is 0 Å². The summed E-state index contributed by atoms with van der Waals surface area (Å²) in [6.45, 7) is 5.90. The van der Waals surface area contributed by atoms with Crippen molar-refractivity contribution in [1.82, 2.24) is 0 Å². The molecule has 0 fully saturated rings. The Balaban J connectivity index is 2.40. The summed E-state index contributed by atoms with van der Waals surface area (Å²) in [5.41, 5.74) is 2.12. The van der Waals surface area contributed by atoms with Crippen molar-refractivity contribution in [3.05, 3.63) is 60.2 Å². The number of ether oxygens (including phenoxy) is 1. The summed E-state index contributed by atoms with van der Waals surface area (Å²) >= 11 is 0. The molecule has 1 unspecified atom stereocenters. The van der Waals surface area contributed by atoms with Crippen molar-refractivity contribution in [3.8, 4) is 5.75 Å². The van der Waals surface area contributed by atoms with E-state index in [1.165, 1.54) is 0 Å². The minimum Gasteiger partial charge on any atom is -0.481 e. The Bertz CT molecular complexity index is 427. The van der Waals surface area contributed by atoms with Gasteiger partial charge in [0.25, 0.3) is 0 Å². The molecule has 1 heterocycles. The fourth-order valence-corrected chi connectivity index (χ4v) is 1.49. The van der Waals surface area contributed by atoms with E-state index in [0.29, 0.717) is 0 Å². The van der Waals surface area contributed by atoms with Crippen LogP contribution in [0.1, 0.15) is 12.5 Å². The van der Waals surface area contributed by atoms with Crippen LogP contribution in [0, 0.1) is 0 Å². The summed E-state index contributed by atoms with van der Waals surface area (Å²) < 4.78 is 5.86. The lowest BCUT2D eigenvalue weighted by atomic mass is 10.1. The second-order valence-corrected chi connectivity index (χ2v) is 3.67. The van der Waals surface area contributed by atoms with Gasteiger partial charge in [-0.25, -0.2) is 0 Å². The van der Waals surface area contributed by atoms with Crippen LogP contribution in [-0.2, 0) is 0 Å². The van der Waals surface area contributed by atoms with Gasteiger partial charge in [-0.2, -0.15) is 0 Å². The van der Waals surface area contributed by atoms with Crippen LogP contribution < -0.4 is 4.74 Å². The molecule has 1 aliphatic heterocycles. The fourth-order valence-electron chi connectivity index (χ4n) is 1.49. The molecule has 1 aliphatic rings. The smallest absolute Gasteiger partial charge is 0.138 e. The first kappa shape index (κ1) is 9.78. The molecule has 1 atom stereocenters. The summed E-state index contributed by atoms with van der Waals surface area (Å²) in [4.78, 5) is 0. The summed E-state index contributed by atoms with van der Waals surface area (Å²) in [6, 6.07) is 8.01. The van der Waals surface area contributed by atoms with Crippen molar-refractivity contribution in [2.45, 2.75) is 13.0 Å². The van der Waals surface area contributed by atoms with Gasteiger partial charge in [-0.1, -0.05) is 43.0 Å². The van der Waals surface area contributed by atoms with Gasteiger partial charge in [-0.05, 0) is 24.6 Å². The van der Waals surface area contributed by atoms with Crippen molar-refractivity contribution in [1.29, 1.82) is 0 Å². The van der Waals surface area contributed by atoms with E-state index in [-0.39, 0.29) is 6.10 Å². The van der Waals surface area contributed by atoms with Crippen LogP contribution in [0.15, 0.2) is 54.6 Å². The van der Waals surface area contributed by atoms with Gasteiger partial charge in [-0.15, -0.1) is 0 Å². The molecule has 76 valence electrons. The lowest BCUT2D eigenvalue weighted by Crippen LogP contribution is -2.15. The standard InChI is InChI=1S/C14H14O/c1-11(2)13-9-5-3-7-12-8-4-6-10-14(12)15-13/h3-10,13H,1H2,2H3. The number of fused-ring (bicyclic) bond motifs is 1. The minimum atomic E-state index is -0.0314. The molecule has 0 saturated heterocycles. The Kier molecular flexibility index (Phi) is 2.72. The van der Waals surface area contributed by atoms with Crippen LogP contribution in [0.5, 0.6) is 5.75 Å². The van der Waals surface area contributed by atoms with Gasteiger partial charge in [0.05, 0.1) is 0 Å². The van der Waals surface area contributed by atoms with Gasteiger partial charge in [0.15, 0.2) is 0 Å². The SMILES string of the molecule is C=C(C)C1C=CC=Cc2ccccc2O1. The molecule has 0 aliphatic carbocycles. The Hall–Kier alpha value is -1.76. The highest BCUT2D eigenvalue weighted by atomic mass is 16.5. The summed E-state index contributed by atoms with van der Waals surface area (Å²) in [5, 5.41) is 0. The molecule has 2 rings (SSSR count). The number of benzene rings is 1. The highest BCUT2D eigenvalue weighted by Gasteiger charge is 2.10. The molecule has 0 aromatic heterocycles. The molecule has 1 nitrogen and oxygen atoms in total. The maximum atomic E-state index is 5.86. The van der Waals surface area contributed by atoms with E-state index in [0.717, 1.165) is 16.9 Å². The molecule has 1 aromatic rings. The number of hydrogen-bond donors (Lipinski definition) is 0. The van der Waals surface area contributed by atoms with Crippen LogP contribution in [0.3, 0.4) is 0 Å².